The summed E-state index contributed by atoms with van der Waals surface area (Å²) in [5.74, 6) is 0.814. The predicted octanol–water partition coefficient (Wildman–Crippen LogP) is 1.59. The van der Waals surface area contributed by atoms with Crippen molar-refractivity contribution in [3.63, 3.8) is 0 Å². The fourth-order valence-electron chi connectivity index (χ4n) is 1.72. The van der Waals surface area contributed by atoms with Crippen LogP contribution in [0.1, 0.15) is 25.0 Å². The highest BCUT2D eigenvalue weighted by atomic mass is 16.5. The highest BCUT2D eigenvalue weighted by Crippen LogP contribution is 2.26. The zero-order chi connectivity index (χ0) is 10.7. The topological polar surface area (TPSA) is 53.1 Å². The summed E-state index contributed by atoms with van der Waals surface area (Å²) in [6.07, 6.45) is 5.92. The zero-order valence-corrected chi connectivity index (χ0v) is 9.28. The van der Waals surface area contributed by atoms with Gasteiger partial charge in [0, 0.05) is 12.8 Å². The normalized spacial score (nSPS) is 16.6. The molecule has 84 valence electrons. The molecule has 0 bridgehead atoms. The molecule has 0 radical (unpaired) electrons. The Morgan fingerprint density at radius 2 is 2.40 bits per heavy atom. The van der Waals surface area contributed by atoms with E-state index in [1.165, 1.54) is 19.3 Å². The van der Waals surface area contributed by atoms with Gasteiger partial charge in [0.2, 0.25) is 0 Å². The maximum absolute atomic E-state index is 5.70. The third-order valence-electron chi connectivity index (χ3n) is 3.03. The molecule has 1 fully saturated rings. The largest absolute Gasteiger partial charge is 0.396 e. The summed E-state index contributed by atoms with van der Waals surface area (Å²) in [7, 11) is 0. The van der Waals surface area contributed by atoms with Crippen molar-refractivity contribution in [2.45, 2.75) is 32.7 Å². The molecule has 1 heterocycles. The molecule has 4 heteroatoms. The maximum atomic E-state index is 5.70. The Morgan fingerprint density at radius 1 is 1.60 bits per heavy atom. The van der Waals surface area contributed by atoms with Gasteiger partial charge in [-0.25, -0.2) is 0 Å². The summed E-state index contributed by atoms with van der Waals surface area (Å²) >= 11 is 0. The van der Waals surface area contributed by atoms with Gasteiger partial charge in [0.25, 0.3) is 0 Å². The van der Waals surface area contributed by atoms with Crippen molar-refractivity contribution >= 4 is 5.69 Å². The lowest BCUT2D eigenvalue weighted by Gasteiger charge is -2.24. The van der Waals surface area contributed by atoms with Gasteiger partial charge in [-0.15, -0.1) is 0 Å². The number of nitrogens with two attached hydrogens (primary N) is 1. The summed E-state index contributed by atoms with van der Waals surface area (Å²) < 4.78 is 7.44. The van der Waals surface area contributed by atoms with Gasteiger partial charge >= 0.3 is 0 Å². The first-order valence-corrected chi connectivity index (χ1v) is 5.63. The van der Waals surface area contributed by atoms with Crippen LogP contribution in [0.15, 0.2) is 6.20 Å². The van der Waals surface area contributed by atoms with Crippen LogP contribution in [0.4, 0.5) is 5.69 Å². The van der Waals surface area contributed by atoms with Crippen LogP contribution >= 0.6 is 0 Å². The number of nitrogens with zero attached hydrogens (tertiary/aromatic N) is 2. The molecule has 2 rings (SSSR count). The minimum absolute atomic E-state index is 0.733. The molecule has 0 aliphatic heterocycles. The van der Waals surface area contributed by atoms with Crippen LogP contribution in [-0.4, -0.2) is 23.0 Å². The van der Waals surface area contributed by atoms with Gasteiger partial charge in [-0.1, -0.05) is 6.42 Å². The number of hydrogen-bond donors (Lipinski definition) is 1. The van der Waals surface area contributed by atoms with Crippen molar-refractivity contribution < 1.29 is 4.74 Å². The van der Waals surface area contributed by atoms with Crippen LogP contribution in [0.3, 0.4) is 0 Å². The SMILES string of the molecule is Cc1nn(CCOCC2CCC2)cc1N. The number of anilines is 1. The highest BCUT2D eigenvalue weighted by molar-refractivity contribution is 5.39. The first kappa shape index (κ1) is 10.5. The van der Waals surface area contributed by atoms with E-state index < -0.39 is 0 Å². The minimum Gasteiger partial charge on any atom is -0.396 e. The van der Waals surface area contributed by atoms with Crippen molar-refractivity contribution in [3.8, 4) is 0 Å². The lowest BCUT2D eigenvalue weighted by atomic mass is 9.86. The Kier molecular flexibility index (Phi) is 3.26. The molecule has 0 atom stereocenters. The molecule has 2 N–H and O–H groups in total. The molecule has 0 spiro atoms. The van der Waals surface area contributed by atoms with Gasteiger partial charge in [0.1, 0.15) is 0 Å². The van der Waals surface area contributed by atoms with Crippen molar-refractivity contribution in [1.82, 2.24) is 9.78 Å². The average molecular weight is 209 g/mol. The van der Waals surface area contributed by atoms with E-state index in [-0.39, 0.29) is 0 Å². The number of hydrogen-bond acceptors (Lipinski definition) is 3. The first-order chi connectivity index (χ1) is 7.25. The number of ether oxygens (including phenoxy) is 1. The number of rotatable bonds is 5. The fraction of sp³-hybridized carbons (Fsp3) is 0.727. The lowest BCUT2D eigenvalue weighted by Crippen LogP contribution is -2.19. The Bertz CT molecular complexity index is 298. The van der Waals surface area contributed by atoms with Gasteiger partial charge in [0.05, 0.1) is 24.5 Å². The number of aromatic nitrogens is 2. The molecule has 0 unspecified atom stereocenters. The van der Waals surface area contributed by atoms with Gasteiger partial charge in [-0.05, 0) is 25.7 Å². The van der Waals surface area contributed by atoms with E-state index in [0.717, 1.165) is 37.1 Å². The second-order valence-corrected chi connectivity index (χ2v) is 4.30. The molecule has 1 aromatic rings. The maximum Gasteiger partial charge on any atom is 0.0822 e. The van der Waals surface area contributed by atoms with E-state index in [2.05, 4.69) is 5.10 Å². The van der Waals surface area contributed by atoms with Gasteiger partial charge < -0.3 is 10.5 Å². The summed E-state index contributed by atoms with van der Waals surface area (Å²) in [6, 6.07) is 0. The second kappa shape index (κ2) is 4.66. The molecule has 4 nitrogen and oxygen atoms in total. The zero-order valence-electron chi connectivity index (χ0n) is 9.28. The molecular weight excluding hydrogens is 190 g/mol. The highest BCUT2D eigenvalue weighted by Gasteiger charge is 2.16. The Morgan fingerprint density at radius 3 is 2.93 bits per heavy atom. The van der Waals surface area contributed by atoms with Gasteiger partial charge in [0.15, 0.2) is 0 Å². The lowest BCUT2D eigenvalue weighted by molar-refractivity contribution is 0.0641. The van der Waals surface area contributed by atoms with Crippen molar-refractivity contribution in [3.05, 3.63) is 11.9 Å². The number of nitrogen functional groups attached to an aromatic ring is 1. The second-order valence-electron chi connectivity index (χ2n) is 4.30. The van der Waals surface area contributed by atoms with Crippen LogP contribution in [-0.2, 0) is 11.3 Å². The van der Waals surface area contributed by atoms with Gasteiger partial charge in [-0.2, -0.15) is 5.10 Å². The molecule has 0 saturated heterocycles. The fourth-order valence-corrected chi connectivity index (χ4v) is 1.72. The van der Waals surface area contributed by atoms with Crippen LogP contribution < -0.4 is 5.73 Å². The van der Waals surface area contributed by atoms with Crippen LogP contribution in [0, 0.1) is 12.8 Å². The van der Waals surface area contributed by atoms with Crippen LogP contribution in [0.25, 0.3) is 0 Å². The molecule has 0 aromatic carbocycles. The summed E-state index contributed by atoms with van der Waals surface area (Å²) in [5.41, 5.74) is 7.36. The predicted molar refractivity (Wildman–Crippen MR) is 59.5 cm³/mol. The molecule has 1 aliphatic carbocycles. The smallest absolute Gasteiger partial charge is 0.0822 e. The average Bonchev–Trinajstić information content (AvgIpc) is 2.43. The van der Waals surface area contributed by atoms with E-state index in [1.807, 2.05) is 17.8 Å². The Balaban J connectivity index is 1.64. The third-order valence-corrected chi connectivity index (χ3v) is 3.03. The van der Waals surface area contributed by atoms with E-state index in [1.54, 1.807) is 0 Å². The minimum atomic E-state index is 0.733. The van der Waals surface area contributed by atoms with Crippen LogP contribution in [0.5, 0.6) is 0 Å². The summed E-state index contributed by atoms with van der Waals surface area (Å²) in [4.78, 5) is 0. The molecule has 1 aliphatic rings. The summed E-state index contributed by atoms with van der Waals surface area (Å²) in [6.45, 7) is 4.36. The quantitative estimate of drug-likeness (QED) is 0.749. The van der Waals surface area contributed by atoms with E-state index in [4.69, 9.17) is 10.5 Å². The van der Waals surface area contributed by atoms with E-state index in [9.17, 15) is 0 Å². The summed E-state index contributed by atoms with van der Waals surface area (Å²) in [5, 5.41) is 4.27. The Hall–Kier alpha value is -1.03. The van der Waals surface area contributed by atoms with Crippen molar-refractivity contribution in [2.75, 3.05) is 18.9 Å². The van der Waals surface area contributed by atoms with E-state index in [0.29, 0.717) is 0 Å². The Labute approximate surface area is 90.4 Å². The van der Waals surface area contributed by atoms with Crippen LogP contribution in [0.2, 0.25) is 0 Å². The monoisotopic (exact) mass is 209 g/mol. The standard InChI is InChI=1S/C11H19N3O/c1-9-11(12)7-14(13-9)5-6-15-8-10-3-2-4-10/h7,10H,2-6,8,12H2,1H3. The molecule has 1 saturated carbocycles. The molecular formula is C11H19N3O. The van der Waals surface area contributed by atoms with Crippen molar-refractivity contribution in [2.24, 2.45) is 5.92 Å². The van der Waals surface area contributed by atoms with Crippen molar-refractivity contribution in [1.29, 1.82) is 0 Å². The number of aryl methyl sites for hydroxylation is 1. The van der Waals surface area contributed by atoms with Gasteiger partial charge in [-0.3, -0.25) is 4.68 Å². The molecule has 0 amide bonds. The molecule has 15 heavy (non-hydrogen) atoms. The third kappa shape index (κ3) is 2.72. The first-order valence-electron chi connectivity index (χ1n) is 5.63. The van der Waals surface area contributed by atoms with E-state index >= 15 is 0 Å². The molecule has 1 aromatic heterocycles.